The number of benzene rings is 1. The second kappa shape index (κ2) is 5.93. The average molecular weight is 252 g/mol. The molecule has 1 aromatic carbocycles. The number of hydrogen-bond acceptors (Lipinski definition) is 5. The lowest BCUT2D eigenvalue weighted by molar-refractivity contribution is 0.229. The van der Waals surface area contributed by atoms with Crippen molar-refractivity contribution in [2.45, 2.75) is 6.54 Å². The van der Waals surface area contributed by atoms with Gasteiger partial charge in [0.25, 0.3) is 0 Å². The van der Waals surface area contributed by atoms with Crippen LogP contribution in [0, 0.1) is 0 Å². The average Bonchev–Trinajstić information content (AvgIpc) is 2.42. The number of methoxy groups -OCH3 is 2. The third-order valence-corrected chi connectivity index (χ3v) is 3.21. The Morgan fingerprint density at radius 3 is 2.56 bits per heavy atom. The highest BCUT2D eigenvalue weighted by Gasteiger charge is 2.17. The summed E-state index contributed by atoms with van der Waals surface area (Å²) in [5.41, 5.74) is 0.870. The summed E-state index contributed by atoms with van der Waals surface area (Å²) in [5, 5.41) is 13.5. The fourth-order valence-electron chi connectivity index (χ4n) is 2.19. The maximum absolute atomic E-state index is 10.2. The van der Waals surface area contributed by atoms with Crippen molar-refractivity contribution in [2.24, 2.45) is 0 Å². The molecule has 1 heterocycles. The van der Waals surface area contributed by atoms with Gasteiger partial charge in [0.1, 0.15) is 0 Å². The molecule has 18 heavy (non-hydrogen) atoms. The predicted molar refractivity (Wildman–Crippen MR) is 69.4 cm³/mol. The van der Waals surface area contributed by atoms with Crippen molar-refractivity contribution < 1.29 is 14.6 Å². The van der Waals surface area contributed by atoms with Crippen molar-refractivity contribution in [3.63, 3.8) is 0 Å². The lowest BCUT2D eigenvalue weighted by Crippen LogP contribution is -2.42. The first-order chi connectivity index (χ1) is 8.76. The number of phenols is 1. The third kappa shape index (κ3) is 2.68. The molecule has 2 N–H and O–H groups in total. The van der Waals surface area contributed by atoms with Gasteiger partial charge in [0, 0.05) is 38.3 Å². The fourth-order valence-corrected chi connectivity index (χ4v) is 2.19. The van der Waals surface area contributed by atoms with Crippen LogP contribution >= 0.6 is 0 Å². The van der Waals surface area contributed by atoms with E-state index in [2.05, 4.69) is 10.2 Å². The highest BCUT2D eigenvalue weighted by molar-refractivity contribution is 5.54. The van der Waals surface area contributed by atoms with Gasteiger partial charge in [-0.25, -0.2) is 0 Å². The van der Waals surface area contributed by atoms with E-state index in [1.807, 2.05) is 12.1 Å². The van der Waals surface area contributed by atoms with Crippen LogP contribution < -0.4 is 14.8 Å². The second-order valence-corrected chi connectivity index (χ2v) is 4.33. The number of hydrogen-bond donors (Lipinski definition) is 2. The molecule has 0 spiro atoms. The van der Waals surface area contributed by atoms with E-state index in [0.29, 0.717) is 11.5 Å². The van der Waals surface area contributed by atoms with Gasteiger partial charge in [-0.15, -0.1) is 0 Å². The lowest BCUT2D eigenvalue weighted by Gasteiger charge is -2.27. The summed E-state index contributed by atoms with van der Waals surface area (Å²) in [5.74, 6) is 1.14. The number of aromatic hydroxyl groups is 1. The Morgan fingerprint density at radius 2 is 1.94 bits per heavy atom. The highest BCUT2D eigenvalue weighted by atomic mass is 16.5. The summed E-state index contributed by atoms with van der Waals surface area (Å²) in [6.45, 7) is 4.71. The van der Waals surface area contributed by atoms with Crippen LogP contribution in [0.4, 0.5) is 0 Å². The molecule has 1 aliphatic heterocycles. The molecular formula is C13H20N2O3. The Labute approximate surface area is 107 Å². The molecule has 0 unspecified atom stereocenters. The molecule has 0 atom stereocenters. The van der Waals surface area contributed by atoms with Crippen molar-refractivity contribution in [1.29, 1.82) is 0 Å². The quantitative estimate of drug-likeness (QED) is 0.830. The van der Waals surface area contributed by atoms with Crippen molar-refractivity contribution in [3.05, 3.63) is 17.7 Å². The number of nitrogens with one attached hydrogen (secondary N) is 1. The zero-order valence-electron chi connectivity index (χ0n) is 10.9. The summed E-state index contributed by atoms with van der Waals surface area (Å²) in [4.78, 5) is 2.30. The van der Waals surface area contributed by atoms with Gasteiger partial charge in [-0.3, -0.25) is 4.90 Å². The van der Waals surface area contributed by atoms with Crippen LogP contribution in [0.15, 0.2) is 12.1 Å². The normalized spacial score (nSPS) is 16.6. The molecule has 0 amide bonds. The topological polar surface area (TPSA) is 54.0 Å². The van der Waals surface area contributed by atoms with Crippen LogP contribution in [0.3, 0.4) is 0 Å². The van der Waals surface area contributed by atoms with Gasteiger partial charge in [-0.05, 0) is 6.07 Å². The Balaban J connectivity index is 2.17. The molecule has 2 rings (SSSR count). The minimum absolute atomic E-state index is 0.176. The summed E-state index contributed by atoms with van der Waals surface area (Å²) in [6, 6.07) is 3.72. The van der Waals surface area contributed by atoms with Crippen LogP contribution in [0.1, 0.15) is 5.56 Å². The van der Waals surface area contributed by atoms with Gasteiger partial charge < -0.3 is 19.9 Å². The first-order valence-corrected chi connectivity index (χ1v) is 6.12. The first-order valence-electron chi connectivity index (χ1n) is 6.12. The highest BCUT2D eigenvalue weighted by Crippen LogP contribution is 2.39. The molecule has 0 saturated carbocycles. The second-order valence-electron chi connectivity index (χ2n) is 4.33. The molecule has 1 aromatic rings. The van der Waals surface area contributed by atoms with Gasteiger partial charge in [-0.2, -0.15) is 0 Å². The van der Waals surface area contributed by atoms with E-state index < -0.39 is 0 Å². The van der Waals surface area contributed by atoms with E-state index in [4.69, 9.17) is 9.47 Å². The maximum atomic E-state index is 10.2. The van der Waals surface area contributed by atoms with Gasteiger partial charge in [0.2, 0.25) is 5.75 Å². The largest absolute Gasteiger partial charge is 0.504 e. The molecule has 0 aromatic heterocycles. The van der Waals surface area contributed by atoms with Gasteiger partial charge >= 0.3 is 0 Å². The molecule has 0 radical (unpaired) electrons. The van der Waals surface area contributed by atoms with Crippen LogP contribution in [0.25, 0.3) is 0 Å². The third-order valence-electron chi connectivity index (χ3n) is 3.21. The molecular weight excluding hydrogens is 232 g/mol. The Bertz CT molecular complexity index is 403. The van der Waals surface area contributed by atoms with E-state index in [9.17, 15) is 5.11 Å². The Hall–Kier alpha value is -1.46. The van der Waals surface area contributed by atoms with E-state index in [-0.39, 0.29) is 5.75 Å². The van der Waals surface area contributed by atoms with E-state index in [1.165, 1.54) is 7.11 Å². The maximum Gasteiger partial charge on any atom is 0.203 e. The van der Waals surface area contributed by atoms with E-state index in [1.54, 1.807) is 7.11 Å². The summed E-state index contributed by atoms with van der Waals surface area (Å²) in [7, 11) is 3.10. The van der Waals surface area contributed by atoms with Crippen molar-refractivity contribution in [3.8, 4) is 17.2 Å². The van der Waals surface area contributed by atoms with Crippen molar-refractivity contribution in [1.82, 2.24) is 10.2 Å². The van der Waals surface area contributed by atoms with Gasteiger partial charge in [0.05, 0.1) is 14.2 Å². The molecule has 5 nitrogen and oxygen atoms in total. The van der Waals surface area contributed by atoms with Crippen LogP contribution in [-0.2, 0) is 6.54 Å². The molecule has 0 aliphatic carbocycles. The smallest absolute Gasteiger partial charge is 0.203 e. The predicted octanol–water partition coefficient (Wildman–Crippen LogP) is 0.815. The number of phenolic OH excluding ortho intramolecular Hbond substituents is 1. The SMILES string of the molecule is COc1ccc(CN2CCNCC2)c(O)c1OC. The lowest BCUT2D eigenvalue weighted by atomic mass is 10.1. The number of piperazine rings is 1. The Kier molecular flexibility index (Phi) is 4.28. The summed E-state index contributed by atoms with van der Waals surface area (Å²) >= 11 is 0. The molecule has 1 aliphatic rings. The summed E-state index contributed by atoms with van der Waals surface area (Å²) in [6.07, 6.45) is 0. The van der Waals surface area contributed by atoms with Crippen LogP contribution in [0.5, 0.6) is 17.2 Å². The molecule has 100 valence electrons. The van der Waals surface area contributed by atoms with Crippen molar-refractivity contribution >= 4 is 0 Å². The standard InChI is InChI=1S/C13H20N2O3/c1-17-11-4-3-10(12(16)13(11)18-2)9-15-7-5-14-6-8-15/h3-4,14,16H,5-9H2,1-2H3. The number of rotatable bonds is 4. The molecule has 1 saturated heterocycles. The zero-order valence-corrected chi connectivity index (χ0v) is 10.9. The fraction of sp³-hybridized carbons (Fsp3) is 0.538. The monoisotopic (exact) mass is 252 g/mol. The molecule has 5 heteroatoms. The summed E-state index contributed by atoms with van der Waals surface area (Å²) < 4.78 is 10.3. The van der Waals surface area contributed by atoms with Crippen molar-refractivity contribution in [2.75, 3.05) is 40.4 Å². The first kappa shape index (κ1) is 13.0. The van der Waals surface area contributed by atoms with E-state index in [0.717, 1.165) is 38.3 Å². The van der Waals surface area contributed by atoms with Crippen LogP contribution in [0.2, 0.25) is 0 Å². The number of ether oxygens (including phenoxy) is 2. The molecule has 0 bridgehead atoms. The van der Waals surface area contributed by atoms with Crippen LogP contribution in [-0.4, -0.2) is 50.4 Å². The molecule has 1 fully saturated rings. The van der Waals surface area contributed by atoms with Gasteiger partial charge in [0.15, 0.2) is 11.5 Å². The van der Waals surface area contributed by atoms with Gasteiger partial charge in [-0.1, -0.05) is 6.07 Å². The Morgan fingerprint density at radius 1 is 1.22 bits per heavy atom. The zero-order chi connectivity index (χ0) is 13.0. The minimum atomic E-state index is 0.176. The van der Waals surface area contributed by atoms with E-state index >= 15 is 0 Å². The minimum Gasteiger partial charge on any atom is -0.504 e. The number of nitrogens with zero attached hydrogens (tertiary/aromatic N) is 1.